The third-order valence-corrected chi connectivity index (χ3v) is 4.32. The Morgan fingerprint density at radius 3 is 2.75 bits per heavy atom. The number of carbonyl (C=O) groups excluding carboxylic acids is 2. The lowest BCUT2D eigenvalue weighted by Crippen LogP contribution is -2.41. The molecule has 7 heteroatoms. The molecular weight excluding hydrogens is 306 g/mol. The molecule has 24 heavy (non-hydrogen) atoms. The van der Waals surface area contributed by atoms with Crippen LogP contribution in [0.3, 0.4) is 0 Å². The lowest BCUT2D eigenvalue weighted by atomic mass is 9.97. The van der Waals surface area contributed by atoms with E-state index in [2.05, 4.69) is 20.4 Å². The minimum Gasteiger partial charge on any atom is -0.371 e. The van der Waals surface area contributed by atoms with E-state index >= 15 is 0 Å². The van der Waals surface area contributed by atoms with Crippen molar-refractivity contribution in [1.29, 1.82) is 0 Å². The number of hydrogen-bond donors (Lipinski definition) is 3. The minimum atomic E-state index is -0.224. The molecular formula is C17H21N5O2. The molecule has 7 nitrogen and oxygen atoms in total. The van der Waals surface area contributed by atoms with Crippen LogP contribution in [-0.4, -0.2) is 35.1 Å². The molecule has 1 aliphatic heterocycles. The summed E-state index contributed by atoms with van der Waals surface area (Å²) in [6.45, 7) is 2.05. The summed E-state index contributed by atoms with van der Waals surface area (Å²) >= 11 is 0. The monoisotopic (exact) mass is 327 g/mol. The van der Waals surface area contributed by atoms with Gasteiger partial charge in [0.25, 0.3) is 5.91 Å². The van der Waals surface area contributed by atoms with E-state index in [9.17, 15) is 9.59 Å². The van der Waals surface area contributed by atoms with E-state index in [1.807, 2.05) is 24.3 Å². The second-order valence-corrected chi connectivity index (χ2v) is 6.01. The molecule has 4 N–H and O–H groups in total. The maximum atomic E-state index is 11.9. The van der Waals surface area contributed by atoms with Crippen molar-refractivity contribution >= 4 is 17.5 Å². The number of benzene rings is 1. The van der Waals surface area contributed by atoms with Crippen LogP contribution in [-0.2, 0) is 11.3 Å². The van der Waals surface area contributed by atoms with Gasteiger partial charge in [-0.25, -0.2) is 0 Å². The van der Waals surface area contributed by atoms with Crippen molar-refractivity contribution in [3.05, 3.63) is 47.8 Å². The summed E-state index contributed by atoms with van der Waals surface area (Å²) in [5, 5.41) is 9.23. The number of nitrogens with two attached hydrogens (primary N) is 1. The van der Waals surface area contributed by atoms with Gasteiger partial charge in [0, 0.05) is 31.5 Å². The van der Waals surface area contributed by atoms with Crippen LogP contribution >= 0.6 is 0 Å². The summed E-state index contributed by atoms with van der Waals surface area (Å²) < 4.78 is 0. The van der Waals surface area contributed by atoms with Gasteiger partial charge in [0.1, 0.15) is 5.69 Å². The van der Waals surface area contributed by atoms with Gasteiger partial charge in [0.15, 0.2) is 0 Å². The summed E-state index contributed by atoms with van der Waals surface area (Å²) in [6.07, 6.45) is 3.38. The van der Waals surface area contributed by atoms with Gasteiger partial charge in [0.2, 0.25) is 5.91 Å². The predicted molar refractivity (Wildman–Crippen MR) is 90.3 cm³/mol. The number of anilines is 1. The average molecular weight is 327 g/mol. The molecule has 2 heterocycles. The summed E-state index contributed by atoms with van der Waals surface area (Å²) in [5.41, 5.74) is 7.95. The van der Waals surface area contributed by atoms with Crippen LogP contribution in [0.4, 0.5) is 5.69 Å². The number of aromatic amines is 1. The van der Waals surface area contributed by atoms with Crippen LogP contribution in [0, 0.1) is 5.92 Å². The van der Waals surface area contributed by atoms with Crippen LogP contribution in [0.1, 0.15) is 28.9 Å². The van der Waals surface area contributed by atoms with E-state index in [0.29, 0.717) is 18.8 Å². The van der Waals surface area contributed by atoms with Crippen LogP contribution in [0.15, 0.2) is 36.5 Å². The van der Waals surface area contributed by atoms with Crippen molar-refractivity contribution in [2.24, 2.45) is 11.7 Å². The lowest BCUT2D eigenvalue weighted by Gasteiger charge is -2.33. The molecule has 1 fully saturated rings. The molecule has 1 aliphatic rings. The second-order valence-electron chi connectivity index (χ2n) is 6.01. The molecule has 0 spiro atoms. The molecule has 2 aromatic rings. The number of aromatic nitrogens is 2. The van der Waals surface area contributed by atoms with Gasteiger partial charge in [-0.15, -0.1) is 0 Å². The largest absolute Gasteiger partial charge is 0.371 e. The molecule has 0 radical (unpaired) electrons. The van der Waals surface area contributed by atoms with Gasteiger partial charge in [-0.1, -0.05) is 12.1 Å². The molecule has 2 amide bonds. The molecule has 126 valence electrons. The Balaban J connectivity index is 1.57. The van der Waals surface area contributed by atoms with Gasteiger partial charge in [-0.05, 0) is 36.6 Å². The molecule has 3 rings (SSSR count). The van der Waals surface area contributed by atoms with Crippen molar-refractivity contribution in [1.82, 2.24) is 15.5 Å². The fraction of sp³-hybridized carbons (Fsp3) is 0.353. The van der Waals surface area contributed by atoms with E-state index in [4.69, 9.17) is 5.73 Å². The number of amides is 2. The van der Waals surface area contributed by atoms with E-state index in [-0.39, 0.29) is 17.7 Å². The summed E-state index contributed by atoms with van der Waals surface area (Å²) in [6, 6.07) is 9.62. The summed E-state index contributed by atoms with van der Waals surface area (Å²) in [7, 11) is 0. The Kier molecular flexibility index (Phi) is 4.79. The minimum absolute atomic E-state index is 0.0767. The van der Waals surface area contributed by atoms with Crippen molar-refractivity contribution in [3.63, 3.8) is 0 Å². The van der Waals surface area contributed by atoms with Gasteiger partial charge in [0.05, 0.1) is 5.92 Å². The number of H-pyrrole nitrogens is 1. The van der Waals surface area contributed by atoms with E-state index in [1.54, 1.807) is 12.3 Å². The Hall–Kier alpha value is -2.83. The molecule has 0 saturated carbocycles. The Morgan fingerprint density at radius 2 is 2.08 bits per heavy atom. The van der Waals surface area contributed by atoms with Crippen molar-refractivity contribution in [2.45, 2.75) is 19.4 Å². The number of hydrogen-bond acceptors (Lipinski definition) is 4. The van der Waals surface area contributed by atoms with Gasteiger partial charge in [-0.3, -0.25) is 14.7 Å². The van der Waals surface area contributed by atoms with Crippen molar-refractivity contribution in [3.8, 4) is 0 Å². The van der Waals surface area contributed by atoms with Gasteiger partial charge < -0.3 is 16.0 Å². The predicted octanol–water partition coefficient (Wildman–Crippen LogP) is 1.04. The van der Waals surface area contributed by atoms with Crippen LogP contribution in [0.5, 0.6) is 0 Å². The van der Waals surface area contributed by atoms with Crippen molar-refractivity contribution in [2.75, 3.05) is 18.0 Å². The smallest absolute Gasteiger partial charge is 0.269 e. The first-order chi connectivity index (χ1) is 11.6. The Bertz CT molecular complexity index is 696. The highest BCUT2D eigenvalue weighted by molar-refractivity contribution is 5.92. The fourth-order valence-corrected chi connectivity index (χ4v) is 2.93. The average Bonchev–Trinajstić information content (AvgIpc) is 3.15. The highest BCUT2D eigenvalue weighted by Crippen LogP contribution is 2.23. The normalized spacial score (nSPS) is 17.5. The zero-order chi connectivity index (χ0) is 16.9. The van der Waals surface area contributed by atoms with Gasteiger partial charge in [-0.2, -0.15) is 5.10 Å². The number of nitrogens with one attached hydrogen (secondary N) is 2. The first kappa shape index (κ1) is 16.0. The number of carbonyl (C=O) groups is 2. The van der Waals surface area contributed by atoms with Gasteiger partial charge >= 0.3 is 0 Å². The highest BCUT2D eigenvalue weighted by Gasteiger charge is 2.23. The molecule has 0 aliphatic carbocycles. The summed E-state index contributed by atoms with van der Waals surface area (Å²) in [4.78, 5) is 25.4. The Morgan fingerprint density at radius 1 is 1.29 bits per heavy atom. The lowest BCUT2D eigenvalue weighted by molar-refractivity contribution is -0.122. The SMILES string of the molecule is NC(=O)[C@H]1CCCN(c2ccc(CNC(=O)c3ccn[nH]3)cc2)C1. The maximum absolute atomic E-state index is 11.9. The third-order valence-electron chi connectivity index (χ3n) is 4.32. The van der Waals surface area contributed by atoms with E-state index < -0.39 is 0 Å². The second kappa shape index (κ2) is 7.16. The van der Waals surface area contributed by atoms with E-state index in [1.165, 1.54) is 0 Å². The summed E-state index contributed by atoms with van der Waals surface area (Å²) in [5.74, 6) is -0.484. The fourth-order valence-electron chi connectivity index (χ4n) is 2.93. The van der Waals surface area contributed by atoms with Crippen LogP contribution in [0.25, 0.3) is 0 Å². The van der Waals surface area contributed by atoms with E-state index in [0.717, 1.165) is 30.6 Å². The molecule has 1 aromatic carbocycles. The molecule has 1 aromatic heterocycles. The topological polar surface area (TPSA) is 104 Å². The maximum Gasteiger partial charge on any atom is 0.269 e. The molecule has 1 atom stereocenters. The molecule has 0 unspecified atom stereocenters. The zero-order valence-electron chi connectivity index (χ0n) is 13.4. The number of nitrogens with zero attached hydrogens (tertiary/aromatic N) is 2. The third kappa shape index (κ3) is 3.73. The van der Waals surface area contributed by atoms with Crippen LogP contribution < -0.4 is 16.0 Å². The number of rotatable bonds is 5. The first-order valence-electron chi connectivity index (χ1n) is 8.04. The molecule has 1 saturated heterocycles. The Labute approximate surface area is 140 Å². The standard InChI is InChI=1S/C17H21N5O2/c18-16(23)13-2-1-9-22(11-13)14-5-3-12(4-6-14)10-19-17(24)15-7-8-20-21-15/h3-8,13H,1-2,9-11H2,(H2,18,23)(H,19,24)(H,20,21)/t13-/m0/s1. The number of primary amides is 1. The highest BCUT2D eigenvalue weighted by atomic mass is 16.2. The van der Waals surface area contributed by atoms with Crippen molar-refractivity contribution < 1.29 is 9.59 Å². The quantitative estimate of drug-likeness (QED) is 0.763. The zero-order valence-corrected chi connectivity index (χ0v) is 13.4. The molecule has 0 bridgehead atoms. The first-order valence-corrected chi connectivity index (χ1v) is 8.04. The number of piperidine rings is 1. The van der Waals surface area contributed by atoms with Crippen LogP contribution in [0.2, 0.25) is 0 Å².